The van der Waals surface area contributed by atoms with Crippen LogP contribution < -0.4 is 0 Å². The molecule has 0 N–H and O–H groups in total. The van der Waals surface area contributed by atoms with Crippen LogP contribution in [0.25, 0.3) is 21.8 Å². The summed E-state index contributed by atoms with van der Waals surface area (Å²) in [6.07, 6.45) is 0. The number of hydrogen-bond acceptors (Lipinski definition) is 0. The van der Waals surface area contributed by atoms with E-state index in [-0.39, 0.29) is 36.3 Å². The Morgan fingerprint density at radius 1 is 0.938 bits per heavy atom. The van der Waals surface area contributed by atoms with Gasteiger partial charge in [-0.2, -0.15) is 0 Å². The summed E-state index contributed by atoms with van der Waals surface area (Å²) >= 11 is 3.74. The SMILES string of the molecule is [2H]c1c(I)c([2H])c2c3c([2H])c(I)c([2H])c([2H])c3n(C)c2c1[2H]. The van der Waals surface area contributed by atoms with Crippen LogP contribution in [0.1, 0.15) is 8.22 Å². The summed E-state index contributed by atoms with van der Waals surface area (Å²) in [6, 6.07) is 0.113. The Kier molecular flexibility index (Phi) is 1.46. The Hall–Kier alpha value is -0.300. The first-order chi connectivity index (χ1) is 10.2. The zero-order valence-electron chi connectivity index (χ0n) is 14.2. The number of hydrogen-bond donors (Lipinski definition) is 0. The van der Waals surface area contributed by atoms with Gasteiger partial charge in [0.1, 0.15) is 0 Å². The van der Waals surface area contributed by atoms with E-state index in [2.05, 4.69) is 0 Å². The first-order valence-electron chi connectivity index (χ1n) is 7.52. The van der Waals surface area contributed by atoms with Crippen LogP contribution in [0.2, 0.25) is 0 Å². The van der Waals surface area contributed by atoms with Gasteiger partial charge < -0.3 is 4.57 Å². The van der Waals surface area contributed by atoms with Crippen molar-refractivity contribution in [3.8, 4) is 0 Å². The fraction of sp³-hybridized carbons (Fsp3) is 0.0769. The minimum absolute atomic E-state index is 0.0190. The van der Waals surface area contributed by atoms with Crippen molar-refractivity contribution >= 4 is 67.0 Å². The zero-order valence-corrected chi connectivity index (χ0v) is 12.5. The van der Waals surface area contributed by atoms with E-state index < -0.39 is 0 Å². The number of fused-ring (bicyclic) bond motifs is 3. The van der Waals surface area contributed by atoms with Crippen molar-refractivity contribution in [1.82, 2.24) is 4.57 Å². The minimum Gasteiger partial charge on any atom is -0.344 e. The summed E-state index contributed by atoms with van der Waals surface area (Å²) in [6.45, 7) is 0. The molecule has 3 rings (SSSR count). The monoisotopic (exact) mass is 439 g/mol. The van der Waals surface area contributed by atoms with Crippen molar-refractivity contribution < 1.29 is 8.22 Å². The van der Waals surface area contributed by atoms with Gasteiger partial charge in [-0.05, 0) is 81.4 Å². The second-order valence-electron chi connectivity index (χ2n) is 3.38. The topological polar surface area (TPSA) is 4.93 Å². The smallest absolute Gasteiger partial charge is 0.0645 e. The van der Waals surface area contributed by atoms with Crippen LogP contribution in [0.15, 0.2) is 36.3 Å². The number of aryl methyl sites for hydroxylation is 1. The zero-order chi connectivity index (χ0) is 16.5. The number of halogens is 2. The van der Waals surface area contributed by atoms with Gasteiger partial charge >= 0.3 is 0 Å². The molecule has 0 saturated carbocycles. The van der Waals surface area contributed by atoms with Crippen molar-refractivity contribution in [2.75, 3.05) is 0 Å². The van der Waals surface area contributed by atoms with Crippen LogP contribution in [-0.2, 0) is 7.05 Å². The summed E-state index contributed by atoms with van der Waals surface area (Å²) in [7, 11) is 1.65. The Balaban J connectivity index is 2.81. The molecule has 2 aromatic carbocycles. The molecule has 0 fully saturated rings. The summed E-state index contributed by atoms with van der Waals surface area (Å²) < 4.78 is 51.2. The molecular formula is C13H9I2N. The van der Waals surface area contributed by atoms with Gasteiger partial charge in [0, 0.05) is 36.0 Å². The minimum atomic E-state index is -0.0251. The van der Waals surface area contributed by atoms with E-state index in [0.717, 1.165) is 0 Å². The lowest BCUT2D eigenvalue weighted by Gasteiger charge is -1.97. The van der Waals surface area contributed by atoms with Gasteiger partial charge in [-0.15, -0.1) is 0 Å². The van der Waals surface area contributed by atoms with Gasteiger partial charge in [0.25, 0.3) is 0 Å². The van der Waals surface area contributed by atoms with E-state index in [9.17, 15) is 0 Å². The summed E-state index contributed by atoms with van der Waals surface area (Å²) in [5, 5.41) is 0.832. The largest absolute Gasteiger partial charge is 0.344 e. The standard InChI is InChI=1S/C13H9I2N/c1-16-12-4-2-8(14)6-10(12)11-7-9(15)3-5-13(11)16/h2-7H,1H3/i2D,3D,4D,5D,6D,7D. The van der Waals surface area contributed by atoms with Crippen LogP contribution in [-0.4, -0.2) is 4.57 Å². The van der Waals surface area contributed by atoms with Crippen molar-refractivity contribution in [3.05, 3.63) is 43.4 Å². The first kappa shape index (κ1) is 6.04. The number of rotatable bonds is 0. The third-order valence-electron chi connectivity index (χ3n) is 2.45. The predicted molar refractivity (Wildman–Crippen MR) is 85.9 cm³/mol. The molecule has 0 amide bonds. The van der Waals surface area contributed by atoms with Crippen molar-refractivity contribution in [1.29, 1.82) is 0 Å². The molecule has 0 aliphatic carbocycles. The molecule has 80 valence electrons. The Labute approximate surface area is 130 Å². The molecule has 3 aromatic rings. The van der Waals surface area contributed by atoms with Crippen LogP contribution in [0.4, 0.5) is 0 Å². The first-order valence-corrected chi connectivity index (χ1v) is 6.68. The number of aromatic nitrogens is 1. The lowest BCUT2D eigenvalue weighted by Crippen LogP contribution is -1.85. The van der Waals surface area contributed by atoms with Crippen LogP contribution in [0.3, 0.4) is 0 Å². The molecule has 1 heterocycles. The third kappa shape index (κ3) is 1.55. The normalized spacial score (nSPS) is 16.7. The van der Waals surface area contributed by atoms with Gasteiger partial charge in [-0.1, -0.05) is 0 Å². The summed E-state index contributed by atoms with van der Waals surface area (Å²) in [5.41, 5.74) is 0.739. The number of nitrogens with zero attached hydrogens (tertiary/aromatic N) is 1. The molecule has 0 aliphatic rings. The Morgan fingerprint density at radius 2 is 1.38 bits per heavy atom. The average Bonchev–Trinajstić information content (AvgIpc) is 2.80. The maximum atomic E-state index is 8.29. The van der Waals surface area contributed by atoms with Gasteiger partial charge in [0.05, 0.1) is 8.22 Å². The van der Waals surface area contributed by atoms with Gasteiger partial charge in [0.15, 0.2) is 0 Å². The predicted octanol–water partition coefficient (Wildman–Crippen LogP) is 4.54. The van der Waals surface area contributed by atoms with E-state index >= 15 is 0 Å². The quantitative estimate of drug-likeness (QED) is 0.454. The highest BCUT2D eigenvalue weighted by Crippen LogP contribution is 2.30. The third-order valence-corrected chi connectivity index (χ3v) is 3.52. The van der Waals surface area contributed by atoms with E-state index in [0.29, 0.717) is 28.9 Å². The maximum Gasteiger partial charge on any atom is 0.0645 e. The molecule has 0 unspecified atom stereocenters. The van der Waals surface area contributed by atoms with Crippen molar-refractivity contribution in [2.24, 2.45) is 7.05 Å². The number of benzene rings is 2. The molecule has 3 heteroatoms. The molecule has 1 aromatic heterocycles. The molecule has 0 radical (unpaired) electrons. The maximum absolute atomic E-state index is 8.29. The van der Waals surface area contributed by atoms with Crippen molar-refractivity contribution in [3.63, 3.8) is 0 Å². The molecule has 0 aliphatic heterocycles. The molecule has 0 bridgehead atoms. The average molecular weight is 439 g/mol. The Morgan fingerprint density at radius 3 is 1.81 bits per heavy atom. The van der Waals surface area contributed by atoms with Crippen LogP contribution in [0.5, 0.6) is 0 Å². The molecule has 0 atom stereocenters. The molecule has 1 nitrogen and oxygen atoms in total. The second-order valence-corrected chi connectivity index (χ2v) is 5.54. The fourth-order valence-electron chi connectivity index (χ4n) is 1.73. The van der Waals surface area contributed by atoms with E-state index in [1.54, 1.807) is 11.6 Å². The highest BCUT2D eigenvalue weighted by Gasteiger charge is 2.08. The van der Waals surface area contributed by atoms with E-state index in [1.807, 2.05) is 45.2 Å². The fourth-order valence-corrected chi connectivity index (χ4v) is 2.54. The van der Waals surface area contributed by atoms with Gasteiger partial charge in [-0.25, -0.2) is 0 Å². The molecular weight excluding hydrogens is 424 g/mol. The van der Waals surface area contributed by atoms with E-state index in [1.165, 1.54) is 0 Å². The van der Waals surface area contributed by atoms with Gasteiger partial charge in [0.2, 0.25) is 0 Å². The van der Waals surface area contributed by atoms with Crippen molar-refractivity contribution in [2.45, 2.75) is 0 Å². The molecule has 16 heavy (non-hydrogen) atoms. The van der Waals surface area contributed by atoms with E-state index in [4.69, 9.17) is 8.22 Å². The van der Waals surface area contributed by atoms with Crippen LogP contribution >= 0.6 is 45.2 Å². The molecule has 0 spiro atoms. The van der Waals surface area contributed by atoms with Crippen LogP contribution in [0, 0.1) is 7.14 Å². The summed E-state index contributed by atoms with van der Waals surface area (Å²) in [5.74, 6) is 0. The summed E-state index contributed by atoms with van der Waals surface area (Å²) in [4.78, 5) is 0. The molecule has 0 saturated heterocycles. The lowest BCUT2D eigenvalue weighted by molar-refractivity contribution is 1.01. The Bertz CT molecular complexity index is 902. The lowest BCUT2D eigenvalue weighted by atomic mass is 10.2. The highest BCUT2D eigenvalue weighted by molar-refractivity contribution is 14.1. The van der Waals surface area contributed by atoms with Gasteiger partial charge in [-0.3, -0.25) is 0 Å². The second kappa shape index (κ2) is 3.87. The highest BCUT2D eigenvalue weighted by atomic mass is 127.